The van der Waals surface area contributed by atoms with Crippen molar-refractivity contribution in [3.05, 3.63) is 0 Å². The lowest BCUT2D eigenvalue weighted by Gasteiger charge is -2.08. The average Bonchev–Trinajstić information content (AvgIpc) is 2.86. The van der Waals surface area contributed by atoms with Crippen molar-refractivity contribution in [1.29, 1.82) is 0 Å². The van der Waals surface area contributed by atoms with Gasteiger partial charge in [-0.05, 0) is 12.8 Å². The van der Waals surface area contributed by atoms with Gasteiger partial charge < -0.3 is 14.6 Å². The molecule has 1 N–H and O–H groups in total. The van der Waals surface area contributed by atoms with Gasteiger partial charge in [0.2, 0.25) is 0 Å². The molecule has 0 rings (SSSR count). The van der Waals surface area contributed by atoms with Gasteiger partial charge in [-0.15, -0.1) is 0 Å². The summed E-state index contributed by atoms with van der Waals surface area (Å²) in [6, 6.07) is 0. The van der Waals surface area contributed by atoms with Crippen molar-refractivity contribution < 1.29 is 29.0 Å². The quantitative estimate of drug-likeness (QED) is 0.0800. The first kappa shape index (κ1) is 36.7. The third-order valence-electron chi connectivity index (χ3n) is 6.40. The molecule has 0 saturated carbocycles. The van der Waals surface area contributed by atoms with E-state index in [9.17, 15) is 19.5 Å². The van der Waals surface area contributed by atoms with Crippen LogP contribution in [-0.4, -0.2) is 43.2 Å². The van der Waals surface area contributed by atoms with E-state index in [0.29, 0.717) is 12.8 Å². The molecular weight excluding hydrogens is 456 g/mol. The molecule has 0 aliphatic heterocycles. The molecule has 0 amide bonds. The van der Waals surface area contributed by atoms with Crippen LogP contribution in [-0.2, 0) is 23.9 Å². The monoisotopic (exact) mass is 514 g/mol. The maximum Gasteiger partial charge on any atom is 0.313 e. The Morgan fingerprint density at radius 2 is 0.972 bits per heavy atom. The molecule has 0 spiro atoms. The van der Waals surface area contributed by atoms with Crippen molar-refractivity contribution in [3.8, 4) is 0 Å². The van der Waals surface area contributed by atoms with E-state index >= 15 is 0 Å². The largest absolute Gasteiger partial charge is 0.469 e. The maximum atomic E-state index is 11.3. The Hall–Kier alpha value is -1.43. The summed E-state index contributed by atoms with van der Waals surface area (Å²) < 4.78 is 8.97. The molecule has 0 heterocycles. The number of ketones is 1. The van der Waals surface area contributed by atoms with Crippen LogP contribution in [0.25, 0.3) is 0 Å². The number of carbonyl (C=O) groups is 3. The van der Waals surface area contributed by atoms with Crippen molar-refractivity contribution in [3.63, 3.8) is 0 Å². The zero-order chi connectivity index (χ0) is 27.3. The Morgan fingerprint density at radius 1 is 0.583 bits per heavy atom. The summed E-state index contributed by atoms with van der Waals surface area (Å²) in [5, 5.41) is 9.55. The van der Waals surface area contributed by atoms with Crippen molar-refractivity contribution in [1.82, 2.24) is 0 Å². The molecule has 0 saturated heterocycles. The number of aliphatic hydroxyl groups is 1. The number of Topliss-reactive ketones (excluding diaryl/α,β-unsaturated/α-hetero) is 1. The second-order valence-corrected chi connectivity index (χ2v) is 9.92. The zero-order valence-electron chi connectivity index (χ0n) is 24.1. The summed E-state index contributed by atoms with van der Waals surface area (Å²) in [6.07, 6.45) is 23.4. The van der Waals surface area contributed by atoms with Gasteiger partial charge in [-0.3, -0.25) is 14.4 Å². The Balaban J connectivity index is 0. The molecule has 0 fully saturated rings. The van der Waals surface area contributed by atoms with Gasteiger partial charge in [0, 0.05) is 6.42 Å². The van der Waals surface area contributed by atoms with E-state index in [-0.39, 0.29) is 24.6 Å². The highest BCUT2D eigenvalue weighted by Crippen LogP contribution is 2.13. The summed E-state index contributed by atoms with van der Waals surface area (Å²) in [6.45, 7) is 4.46. The average molecular weight is 515 g/mol. The summed E-state index contributed by atoms with van der Waals surface area (Å²) >= 11 is 0. The van der Waals surface area contributed by atoms with Gasteiger partial charge in [-0.1, -0.05) is 123 Å². The number of unbranched alkanes of at least 4 members (excludes halogenated alkanes) is 16. The van der Waals surface area contributed by atoms with E-state index < -0.39 is 12.1 Å². The van der Waals surface area contributed by atoms with Crippen LogP contribution in [0.1, 0.15) is 155 Å². The van der Waals surface area contributed by atoms with Crippen LogP contribution >= 0.6 is 0 Å². The molecule has 214 valence electrons. The first-order chi connectivity index (χ1) is 17.4. The predicted molar refractivity (Wildman–Crippen MR) is 148 cm³/mol. The van der Waals surface area contributed by atoms with E-state index in [2.05, 4.69) is 23.3 Å². The summed E-state index contributed by atoms with van der Waals surface area (Å²) in [5.74, 6) is -0.737. The molecule has 0 aromatic heterocycles. The number of hydrogen-bond donors (Lipinski definition) is 1. The molecule has 1 atom stereocenters. The Morgan fingerprint density at radius 3 is 1.39 bits per heavy atom. The summed E-state index contributed by atoms with van der Waals surface area (Å²) in [4.78, 5) is 33.1. The van der Waals surface area contributed by atoms with Crippen molar-refractivity contribution in [2.75, 3.05) is 14.2 Å². The minimum atomic E-state index is -0.526. The third-order valence-corrected chi connectivity index (χ3v) is 6.40. The fraction of sp³-hybridized carbons (Fsp3) is 0.900. The van der Waals surface area contributed by atoms with Crippen LogP contribution < -0.4 is 0 Å². The minimum Gasteiger partial charge on any atom is -0.469 e. The smallest absolute Gasteiger partial charge is 0.313 e. The predicted octanol–water partition coefficient (Wildman–Crippen LogP) is 7.87. The Labute approximate surface area is 222 Å². The first-order valence-corrected chi connectivity index (χ1v) is 14.7. The van der Waals surface area contributed by atoms with E-state index in [1.54, 1.807) is 0 Å². The lowest BCUT2D eigenvalue weighted by Crippen LogP contribution is -2.14. The highest BCUT2D eigenvalue weighted by molar-refractivity contribution is 5.95. The molecule has 0 unspecified atom stereocenters. The molecule has 0 aromatic rings. The van der Waals surface area contributed by atoms with Crippen molar-refractivity contribution >= 4 is 17.7 Å². The molecule has 0 aromatic carbocycles. The van der Waals surface area contributed by atoms with Gasteiger partial charge in [0.05, 0.1) is 26.7 Å². The number of esters is 2. The second-order valence-electron chi connectivity index (χ2n) is 9.92. The maximum absolute atomic E-state index is 11.3. The molecule has 0 aliphatic carbocycles. The van der Waals surface area contributed by atoms with Crippen LogP contribution in [0.5, 0.6) is 0 Å². The topological polar surface area (TPSA) is 89.9 Å². The van der Waals surface area contributed by atoms with Gasteiger partial charge in [0.25, 0.3) is 0 Å². The molecule has 6 heteroatoms. The number of methoxy groups -OCH3 is 2. The lowest BCUT2D eigenvalue weighted by atomic mass is 10.0. The van der Waals surface area contributed by atoms with Crippen LogP contribution in [0.3, 0.4) is 0 Å². The molecule has 0 aliphatic rings. The SMILES string of the molecule is CCCCCCCCCCCC(=O)CC(=O)OC.CCCCCCCCCCC[C@@H](O)CC(=O)OC. The van der Waals surface area contributed by atoms with Gasteiger partial charge in [0.1, 0.15) is 12.2 Å². The standard InChI is InChI=1S/C15H30O3.C15H28O3/c2*1-3-4-5-6-7-8-9-10-11-12-14(16)13-15(17)18-2/h14,16H,3-13H2,1-2H3;3-13H2,1-2H3/t14-;/m1./s1. The van der Waals surface area contributed by atoms with Crippen molar-refractivity contribution in [2.45, 2.75) is 161 Å². The molecule has 36 heavy (non-hydrogen) atoms. The first-order valence-electron chi connectivity index (χ1n) is 14.7. The fourth-order valence-electron chi connectivity index (χ4n) is 4.02. The fourth-order valence-corrected chi connectivity index (χ4v) is 4.02. The highest BCUT2D eigenvalue weighted by Gasteiger charge is 2.10. The summed E-state index contributed by atoms with van der Waals surface area (Å²) in [5.41, 5.74) is 0. The molecular formula is C30H58O6. The summed E-state index contributed by atoms with van der Waals surface area (Å²) in [7, 11) is 2.67. The Bertz CT molecular complexity index is 506. The normalized spacial score (nSPS) is 11.4. The molecule has 0 radical (unpaired) electrons. The van der Waals surface area contributed by atoms with Crippen LogP contribution in [0.15, 0.2) is 0 Å². The van der Waals surface area contributed by atoms with Gasteiger partial charge >= 0.3 is 11.9 Å². The number of rotatable bonds is 24. The number of aliphatic hydroxyl groups excluding tert-OH is 1. The van der Waals surface area contributed by atoms with E-state index in [1.807, 2.05) is 0 Å². The van der Waals surface area contributed by atoms with Crippen LogP contribution in [0, 0.1) is 0 Å². The van der Waals surface area contributed by atoms with Crippen molar-refractivity contribution in [2.24, 2.45) is 0 Å². The van der Waals surface area contributed by atoms with Gasteiger partial charge in [-0.2, -0.15) is 0 Å². The van der Waals surface area contributed by atoms with Gasteiger partial charge in [0.15, 0.2) is 0 Å². The van der Waals surface area contributed by atoms with Gasteiger partial charge in [-0.25, -0.2) is 0 Å². The molecule has 0 bridgehead atoms. The van der Waals surface area contributed by atoms with E-state index in [1.165, 1.54) is 104 Å². The number of hydrogen-bond acceptors (Lipinski definition) is 6. The Kier molecular flexibility index (Phi) is 30.4. The third kappa shape index (κ3) is 30.6. The zero-order valence-corrected chi connectivity index (χ0v) is 24.1. The molecule has 6 nitrogen and oxygen atoms in total. The number of carbonyl (C=O) groups excluding carboxylic acids is 3. The second kappa shape index (κ2) is 29.8. The van der Waals surface area contributed by atoms with E-state index in [0.717, 1.165) is 25.7 Å². The van der Waals surface area contributed by atoms with Crippen LogP contribution in [0.2, 0.25) is 0 Å². The number of ether oxygens (including phenoxy) is 2. The van der Waals surface area contributed by atoms with Crippen LogP contribution in [0.4, 0.5) is 0 Å². The lowest BCUT2D eigenvalue weighted by molar-refractivity contribution is -0.144. The van der Waals surface area contributed by atoms with E-state index in [4.69, 9.17) is 0 Å². The minimum absolute atomic E-state index is 0.00444. The highest BCUT2D eigenvalue weighted by atomic mass is 16.5.